The fraction of sp³-hybridized carbons (Fsp3) is 0.933. The van der Waals surface area contributed by atoms with E-state index in [4.69, 9.17) is 9.84 Å². The summed E-state index contributed by atoms with van der Waals surface area (Å²) in [6.45, 7) is 8.20. The number of aliphatic hydroxyl groups is 1. The molecule has 0 heterocycles. The molecule has 1 fully saturated rings. The first kappa shape index (κ1) is 17.2. The highest BCUT2D eigenvalue weighted by molar-refractivity contribution is 5.74. The minimum absolute atomic E-state index is 0.0454. The van der Waals surface area contributed by atoms with Gasteiger partial charge in [-0.2, -0.15) is 0 Å². The first-order chi connectivity index (χ1) is 9.44. The number of hydrogen-bond acceptors (Lipinski definition) is 3. The minimum atomic E-state index is -0.149. The maximum Gasteiger partial charge on any atom is 0.315 e. The molecule has 1 saturated carbocycles. The van der Waals surface area contributed by atoms with Crippen molar-refractivity contribution in [1.82, 2.24) is 10.6 Å². The van der Waals surface area contributed by atoms with E-state index < -0.39 is 0 Å². The summed E-state index contributed by atoms with van der Waals surface area (Å²) in [7, 11) is 1.74. The van der Waals surface area contributed by atoms with Crippen molar-refractivity contribution < 1.29 is 14.6 Å². The highest BCUT2D eigenvalue weighted by Crippen LogP contribution is 2.48. The van der Waals surface area contributed by atoms with Gasteiger partial charge in [-0.1, -0.05) is 20.8 Å². The van der Waals surface area contributed by atoms with Crippen LogP contribution in [0.3, 0.4) is 0 Å². The summed E-state index contributed by atoms with van der Waals surface area (Å²) >= 11 is 0. The van der Waals surface area contributed by atoms with Crippen LogP contribution in [0.15, 0.2) is 0 Å². The van der Waals surface area contributed by atoms with Gasteiger partial charge >= 0.3 is 6.03 Å². The summed E-state index contributed by atoms with van der Waals surface area (Å²) in [6, 6.07) is -0.0290. The fourth-order valence-corrected chi connectivity index (χ4v) is 3.19. The van der Waals surface area contributed by atoms with Crippen LogP contribution in [-0.4, -0.2) is 43.0 Å². The Bertz CT molecular complexity index is 318. The van der Waals surface area contributed by atoms with Gasteiger partial charge < -0.3 is 20.5 Å². The van der Waals surface area contributed by atoms with E-state index in [1.54, 1.807) is 7.11 Å². The van der Waals surface area contributed by atoms with Crippen molar-refractivity contribution in [1.29, 1.82) is 0 Å². The molecule has 3 N–H and O–H groups in total. The highest BCUT2D eigenvalue weighted by Gasteiger charge is 2.53. The topological polar surface area (TPSA) is 70.6 Å². The third-order valence-electron chi connectivity index (χ3n) is 5.19. The zero-order valence-corrected chi connectivity index (χ0v) is 13.4. The van der Waals surface area contributed by atoms with Gasteiger partial charge in [-0.05, 0) is 32.1 Å². The number of amides is 2. The Kier molecular flexibility index (Phi) is 6.27. The third kappa shape index (κ3) is 3.26. The van der Waals surface area contributed by atoms with E-state index in [9.17, 15) is 4.79 Å². The van der Waals surface area contributed by atoms with Crippen LogP contribution >= 0.6 is 0 Å². The minimum Gasteiger partial charge on any atom is -0.396 e. The number of carbonyl (C=O) groups excluding carboxylic acids is 1. The smallest absolute Gasteiger partial charge is 0.315 e. The number of hydrogen-bond donors (Lipinski definition) is 3. The van der Waals surface area contributed by atoms with Crippen molar-refractivity contribution >= 4 is 6.03 Å². The molecule has 0 spiro atoms. The first-order valence-electron chi connectivity index (χ1n) is 7.65. The molecular formula is C15H30N2O3. The second-order valence-corrected chi connectivity index (χ2v) is 6.02. The van der Waals surface area contributed by atoms with E-state index in [1.807, 2.05) is 13.8 Å². The fourth-order valence-electron chi connectivity index (χ4n) is 3.19. The summed E-state index contributed by atoms with van der Waals surface area (Å²) in [5, 5.41) is 15.1. The lowest BCUT2D eigenvalue weighted by atomic mass is 9.58. The van der Waals surface area contributed by atoms with Crippen molar-refractivity contribution in [3.8, 4) is 0 Å². The molecule has 0 aliphatic heterocycles. The van der Waals surface area contributed by atoms with Gasteiger partial charge in [-0.15, -0.1) is 0 Å². The Morgan fingerprint density at radius 3 is 2.45 bits per heavy atom. The summed E-state index contributed by atoms with van der Waals surface area (Å²) in [5.74, 6) is 0.0518. The Labute approximate surface area is 122 Å². The largest absolute Gasteiger partial charge is 0.396 e. The van der Waals surface area contributed by atoms with Crippen LogP contribution in [0.4, 0.5) is 4.79 Å². The van der Waals surface area contributed by atoms with E-state index in [-0.39, 0.29) is 42.2 Å². The standard InChI is InChI=1S/C15H30N2O3/c1-6-15(7-2)12(8-13(15)20-5)17-14(19)16-11(4)10(3)9-18/h10-13,18H,6-9H2,1-5H3,(H2,16,17,19). The van der Waals surface area contributed by atoms with Crippen LogP contribution in [0.2, 0.25) is 0 Å². The molecule has 1 aliphatic carbocycles. The maximum atomic E-state index is 12.0. The normalized spacial score (nSPS) is 27.3. The second kappa shape index (κ2) is 7.27. The lowest BCUT2D eigenvalue weighted by molar-refractivity contribution is -0.120. The summed E-state index contributed by atoms with van der Waals surface area (Å²) in [5.41, 5.74) is 0.0535. The van der Waals surface area contributed by atoms with Crippen LogP contribution in [0.1, 0.15) is 47.0 Å². The molecule has 118 valence electrons. The monoisotopic (exact) mass is 286 g/mol. The molecule has 0 aromatic heterocycles. The molecule has 2 amide bonds. The molecule has 0 bridgehead atoms. The lowest BCUT2D eigenvalue weighted by Crippen LogP contribution is -2.65. The van der Waals surface area contributed by atoms with Crippen LogP contribution in [0, 0.1) is 11.3 Å². The predicted octanol–water partition coefficient (Wildman–Crippen LogP) is 1.90. The van der Waals surface area contributed by atoms with Crippen molar-refractivity contribution in [2.75, 3.05) is 13.7 Å². The molecule has 0 aromatic carbocycles. The van der Waals surface area contributed by atoms with Crippen molar-refractivity contribution in [3.63, 3.8) is 0 Å². The Hall–Kier alpha value is -0.810. The zero-order valence-electron chi connectivity index (χ0n) is 13.4. The number of urea groups is 1. The quantitative estimate of drug-likeness (QED) is 0.669. The van der Waals surface area contributed by atoms with E-state index >= 15 is 0 Å². The molecular weight excluding hydrogens is 256 g/mol. The van der Waals surface area contributed by atoms with Gasteiger partial charge in [0.2, 0.25) is 0 Å². The number of ether oxygens (including phenoxy) is 1. The molecule has 4 unspecified atom stereocenters. The van der Waals surface area contributed by atoms with E-state index in [1.165, 1.54) is 0 Å². The summed E-state index contributed by atoms with van der Waals surface area (Å²) in [4.78, 5) is 12.0. The third-order valence-corrected chi connectivity index (χ3v) is 5.19. The van der Waals surface area contributed by atoms with Gasteiger partial charge in [-0.3, -0.25) is 0 Å². The van der Waals surface area contributed by atoms with Crippen LogP contribution < -0.4 is 10.6 Å². The van der Waals surface area contributed by atoms with Gasteiger partial charge in [0, 0.05) is 31.2 Å². The van der Waals surface area contributed by atoms with Gasteiger partial charge in [0.25, 0.3) is 0 Å². The number of aliphatic hydroxyl groups excluding tert-OH is 1. The number of methoxy groups -OCH3 is 1. The van der Waals surface area contributed by atoms with E-state index in [2.05, 4.69) is 24.5 Å². The number of carbonyl (C=O) groups is 1. The number of rotatable bonds is 7. The molecule has 0 saturated heterocycles. The first-order valence-corrected chi connectivity index (χ1v) is 7.65. The predicted molar refractivity (Wildman–Crippen MR) is 79.6 cm³/mol. The Morgan fingerprint density at radius 2 is 2.00 bits per heavy atom. The van der Waals surface area contributed by atoms with Gasteiger partial charge in [0.1, 0.15) is 0 Å². The summed E-state index contributed by atoms with van der Waals surface area (Å²) in [6.07, 6.45) is 3.09. The molecule has 5 heteroatoms. The molecule has 0 aromatic rings. The van der Waals surface area contributed by atoms with Crippen molar-refractivity contribution in [2.24, 2.45) is 11.3 Å². The zero-order chi connectivity index (χ0) is 15.3. The average Bonchev–Trinajstić information content (AvgIpc) is 2.43. The average molecular weight is 286 g/mol. The Balaban J connectivity index is 2.54. The molecule has 1 aliphatic rings. The molecule has 0 radical (unpaired) electrons. The second-order valence-electron chi connectivity index (χ2n) is 6.02. The van der Waals surface area contributed by atoms with Gasteiger partial charge in [0.05, 0.1) is 6.10 Å². The van der Waals surface area contributed by atoms with Gasteiger partial charge in [-0.25, -0.2) is 4.79 Å². The van der Waals surface area contributed by atoms with Gasteiger partial charge in [0.15, 0.2) is 0 Å². The number of nitrogens with one attached hydrogen (secondary N) is 2. The SMILES string of the molecule is CCC1(CC)C(NC(=O)NC(C)C(C)CO)CC1OC. The molecule has 4 atom stereocenters. The molecule has 1 rings (SSSR count). The highest BCUT2D eigenvalue weighted by atomic mass is 16.5. The summed E-state index contributed by atoms with van der Waals surface area (Å²) < 4.78 is 5.53. The van der Waals surface area contributed by atoms with Crippen LogP contribution in [-0.2, 0) is 4.74 Å². The van der Waals surface area contributed by atoms with Crippen LogP contribution in [0.25, 0.3) is 0 Å². The Morgan fingerprint density at radius 1 is 1.40 bits per heavy atom. The molecule has 5 nitrogen and oxygen atoms in total. The molecule has 20 heavy (non-hydrogen) atoms. The van der Waals surface area contributed by atoms with E-state index in [0.29, 0.717) is 0 Å². The van der Waals surface area contributed by atoms with Crippen molar-refractivity contribution in [2.45, 2.75) is 65.1 Å². The van der Waals surface area contributed by atoms with Crippen molar-refractivity contribution in [3.05, 3.63) is 0 Å². The lowest BCUT2D eigenvalue weighted by Gasteiger charge is -2.55. The van der Waals surface area contributed by atoms with Crippen LogP contribution in [0.5, 0.6) is 0 Å². The van der Waals surface area contributed by atoms with E-state index in [0.717, 1.165) is 19.3 Å². The maximum absolute atomic E-state index is 12.0.